The second-order valence-corrected chi connectivity index (χ2v) is 6.70. The van der Waals surface area contributed by atoms with Crippen LogP contribution in [0.25, 0.3) is 22.4 Å². The summed E-state index contributed by atoms with van der Waals surface area (Å²) < 4.78 is 0. The molecule has 4 heteroatoms. The quantitative estimate of drug-likeness (QED) is 0.641. The van der Waals surface area contributed by atoms with Crippen molar-refractivity contribution in [1.29, 1.82) is 5.26 Å². The molecule has 1 heterocycles. The number of pyridine rings is 1. The van der Waals surface area contributed by atoms with Crippen LogP contribution in [-0.4, -0.2) is 18.1 Å². The third-order valence-electron chi connectivity index (χ3n) is 5.12. The highest BCUT2D eigenvalue weighted by Crippen LogP contribution is 2.32. The first kappa shape index (κ1) is 19.4. The van der Waals surface area contributed by atoms with E-state index in [2.05, 4.69) is 73.1 Å². The maximum atomic E-state index is 9.63. The van der Waals surface area contributed by atoms with Crippen LogP contribution < -0.4 is 10.6 Å². The zero-order valence-corrected chi connectivity index (χ0v) is 16.7. The molecule has 0 fully saturated rings. The summed E-state index contributed by atoms with van der Waals surface area (Å²) in [6.45, 7) is 8.33. The summed E-state index contributed by atoms with van der Waals surface area (Å²) >= 11 is 0. The van der Waals surface area contributed by atoms with E-state index in [0.717, 1.165) is 41.9 Å². The molecule has 0 saturated carbocycles. The van der Waals surface area contributed by atoms with Crippen molar-refractivity contribution in [2.24, 2.45) is 0 Å². The highest BCUT2D eigenvalue weighted by molar-refractivity contribution is 5.80. The molecule has 0 aliphatic rings. The van der Waals surface area contributed by atoms with Crippen molar-refractivity contribution >= 4 is 11.5 Å². The van der Waals surface area contributed by atoms with Crippen LogP contribution in [0, 0.1) is 11.3 Å². The van der Waals surface area contributed by atoms with Crippen LogP contribution in [0.15, 0.2) is 54.6 Å². The Bertz CT molecular complexity index is 979. The van der Waals surface area contributed by atoms with Crippen LogP contribution in [0.2, 0.25) is 0 Å². The molecule has 4 nitrogen and oxygen atoms in total. The second kappa shape index (κ2) is 8.58. The minimum absolute atomic E-state index is 0.266. The molecule has 0 spiro atoms. The van der Waals surface area contributed by atoms with Crippen molar-refractivity contribution in [1.82, 2.24) is 4.98 Å². The molecule has 2 aromatic carbocycles. The minimum Gasteiger partial charge on any atom is -0.383 e. The number of aromatic nitrogens is 1. The second-order valence-electron chi connectivity index (χ2n) is 6.70. The van der Waals surface area contributed by atoms with Gasteiger partial charge in [0.1, 0.15) is 17.5 Å². The molecule has 0 amide bonds. The summed E-state index contributed by atoms with van der Waals surface area (Å²) in [4.78, 5) is 6.76. The van der Waals surface area contributed by atoms with E-state index in [9.17, 15) is 5.26 Å². The van der Waals surface area contributed by atoms with Gasteiger partial charge >= 0.3 is 0 Å². The van der Waals surface area contributed by atoms with Crippen molar-refractivity contribution in [2.45, 2.75) is 27.2 Å². The van der Waals surface area contributed by atoms with Crippen LogP contribution in [0.5, 0.6) is 0 Å². The maximum absolute atomic E-state index is 9.63. The molecule has 0 radical (unpaired) electrons. The van der Waals surface area contributed by atoms with Gasteiger partial charge in [-0.05, 0) is 49.6 Å². The topological polar surface area (TPSA) is 65.9 Å². The first-order chi connectivity index (χ1) is 13.6. The van der Waals surface area contributed by atoms with Crippen molar-refractivity contribution < 1.29 is 0 Å². The number of rotatable bonds is 6. The predicted molar refractivity (Wildman–Crippen MR) is 117 cm³/mol. The Morgan fingerprint density at radius 1 is 0.929 bits per heavy atom. The third-order valence-corrected chi connectivity index (χ3v) is 5.12. The van der Waals surface area contributed by atoms with Gasteiger partial charge < -0.3 is 10.6 Å². The number of nitrogens with two attached hydrogens (primary N) is 1. The molecular formula is C24H26N4. The van der Waals surface area contributed by atoms with Gasteiger partial charge in [-0.15, -0.1) is 0 Å². The third kappa shape index (κ3) is 3.84. The summed E-state index contributed by atoms with van der Waals surface area (Å²) in [6, 6.07) is 20.8. The summed E-state index contributed by atoms with van der Waals surface area (Å²) in [7, 11) is 0. The van der Waals surface area contributed by atoms with Crippen molar-refractivity contribution in [3.05, 3.63) is 65.7 Å². The number of nitrogens with zero attached hydrogens (tertiary/aromatic N) is 3. The fourth-order valence-corrected chi connectivity index (χ4v) is 3.41. The molecule has 3 rings (SSSR count). The number of aryl methyl sites for hydroxylation is 1. The van der Waals surface area contributed by atoms with Gasteiger partial charge in [0, 0.05) is 29.9 Å². The zero-order valence-electron chi connectivity index (χ0n) is 16.7. The van der Waals surface area contributed by atoms with Crippen LogP contribution in [0.4, 0.5) is 11.5 Å². The van der Waals surface area contributed by atoms with E-state index in [1.54, 1.807) is 0 Å². The molecule has 1 aromatic heterocycles. The summed E-state index contributed by atoms with van der Waals surface area (Å²) in [5.74, 6) is 0.266. The lowest BCUT2D eigenvalue weighted by atomic mass is 9.97. The Balaban J connectivity index is 2.06. The number of hydrogen-bond acceptors (Lipinski definition) is 4. The average Bonchev–Trinajstić information content (AvgIpc) is 2.74. The van der Waals surface area contributed by atoms with E-state index in [4.69, 9.17) is 5.73 Å². The highest BCUT2D eigenvalue weighted by Gasteiger charge is 2.14. The van der Waals surface area contributed by atoms with Gasteiger partial charge in [-0.2, -0.15) is 5.26 Å². The molecule has 0 aliphatic carbocycles. The molecule has 3 aromatic rings. The fraction of sp³-hybridized carbons (Fsp3) is 0.250. The van der Waals surface area contributed by atoms with Gasteiger partial charge in [-0.1, -0.05) is 43.3 Å². The first-order valence-corrected chi connectivity index (χ1v) is 9.76. The minimum atomic E-state index is 0.266. The van der Waals surface area contributed by atoms with Gasteiger partial charge in [-0.3, -0.25) is 0 Å². The lowest BCUT2D eigenvalue weighted by Gasteiger charge is -2.21. The molecule has 0 aliphatic heterocycles. The largest absolute Gasteiger partial charge is 0.383 e. The van der Waals surface area contributed by atoms with Crippen molar-refractivity contribution in [3.63, 3.8) is 0 Å². The lowest BCUT2D eigenvalue weighted by molar-refractivity contribution is 0.866. The highest BCUT2D eigenvalue weighted by atomic mass is 15.1. The van der Waals surface area contributed by atoms with Gasteiger partial charge in [-0.25, -0.2) is 4.98 Å². The summed E-state index contributed by atoms with van der Waals surface area (Å²) in [6.07, 6.45) is 0.993. The molecule has 0 unspecified atom stereocenters. The smallest absolute Gasteiger partial charge is 0.142 e. The Morgan fingerprint density at radius 2 is 1.54 bits per heavy atom. The van der Waals surface area contributed by atoms with Crippen LogP contribution in [0.1, 0.15) is 31.9 Å². The van der Waals surface area contributed by atoms with E-state index in [1.807, 2.05) is 18.2 Å². The molecule has 2 N–H and O–H groups in total. The predicted octanol–water partition coefficient (Wildman–Crippen LogP) is 5.28. The van der Waals surface area contributed by atoms with Gasteiger partial charge in [0.05, 0.1) is 5.69 Å². The van der Waals surface area contributed by atoms with E-state index in [-0.39, 0.29) is 5.82 Å². The number of anilines is 2. The number of nitriles is 1. The number of benzene rings is 2. The molecule has 28 heavy (non-hydrogen) atoms. The molecule has 0 atom stereocenters. The SMILES string of the molecule is CCc1ccc(-c2cc(-c3ccc(N(CC)CC)cc3)c(C#N)c(N)n2)cc1. The normalized spacial score (nSPS) is 10.5. The van der Waals surface area contributed by atoms with Gasteiger partial charge in [0.2, 0.25) is 0 Å². The van der Waals surface area contributed by atoms with Crippen molar-refractivity contribution in [2.75, 3.05) is 23.7 Å². The van der Waals surface area contributed by atoms with Gasteiger partial charge in [0.15, 0.2) is 0 Å². The van der Waals surface area contributed by atoms with E-state index >= 15 is 0 Å². The van der Waals surface area contributed by atoms with Gasteiger partial charge in [0.25, 0.3) is 0 Å². The summed E-state index contributed by atoms with van der Waals surface area (Å²) in [5, 5.41) is 9.63. The monoisotopic (exact) mass is 370 g/mol. The fourth-order valence-electron chi connectivity index (χ4n) is 3.41. The van der Waals surface area contributed by atoms with Crippen LogP contribution >= 0.6 is 0 Å². The standard InChI is InChI=1S/C24H26N4/c1-4-17-7-9-19(10-8-17)23-15-21(22(16-25)24(26)27-23)18-11-13-20(14-12-18)28(5-2)6-3/h7-15H,4-6H2,1-3H3,(H2,26,27). The average molecular weight is 371 g/mol. The first-order valence-electron chi connectivity index (χ1n) is 9.76. The molecule has 142 valence electrons. The lowest BCUT2D eigenvalue weighted by Crippen LogP contribution is -2.21. The van der Waals surface area contributed by atoms with E-state index in [1.165, 1.54) is 11.3 Å². The Labute approximate surface area is 167 Å². The zero-order chi connectivity index (χ0) is 20.1. The molecule has 0 saturated heterocycles. The molecule has 0 bridgehead atoms. The number of nitrogen functional groups attached to an aromatic ring is 1. The number of hydrogen-bond donors (Lipinski definition) is 1. The Hall–Kier alpha value is -3.32. The van der Waals surface area contributed by atoms with E-state index < -0.39 is 0 Å². The van der Waals surface area contributed by atoms with E-state index in [0.29, 0.717) is 5.56 Å². The summed E-state index contributed by atoms with van der Waals surface area (Å²) in [5.41, 5.74) is 12.6. The van der Waals surface area contributed by atoms with Crippen LogP contribution in [0.3, 0.4) is 0 Å². The van der Waals surface area contributed by atoms with Crippen molar-refractivity contribution in [3.8, 4) is 28.5 Å². The molecular weight excluding hydrogens is 344 g/mol. The Morgan fingerprint density at radius 3 is 2.07 bits per heavy atom. The Kier molecular flexibility index (Phi) is 5.96. The maximum Gasteiger partial charge on any atom is 0.142 e. The van der Waals surface area contributed by atoms with Crippen LogP contribution in [-0.2, 0) is 6.42 Å².